The van der Waals surface area contributed by atoms with Crippen LogP contribution in [-0.4, -0.2) is 12.5 Å². The zero-order valence-electron chi connectivity index (χ0n) is 12.5. The number of carbonyl (C=O) groups is 1. The van der Waals surface area contributed by atoms with Crippen molar-refractivity contribution in [2.75, 3.05) is 6.61 Å². The first-order valence-corrected chi connectivity index (χ1v) is 7.93. The van der Waals surface area contributed by atoms with Gasteiger partial charge in [-0.1, -0.05) is 41.9 Å². The van der Waals surface area contributed by atoms with E-state index in [0.29, 0.717) is 11.7 Å². The lowest BCUT2D eigenvalue weighted by molar-refractivity contribution is -0.124. The van der Waals surface area contributed by atoms with Gasteiger partial charge in [-0.05, 0) is 36.5 Å². The molecule has 2 aromatic rings. The highest BCUT2D eigenvalue weighted by Crippen LogP contribution is 2.40. The Hall–Kier alpha value is -2.07. The molecule has 2 aromatic carbocycles. The van der Waals surface area contributed by atoms with Crippen molar-refractivity contribution < 1.29 is 13.9 Å². The predicted octanol–water partition coefficient (Wildman–Crippen LogP) is 4.13. The molecule has 1 N–H and O–H groups in total. The number of rotatable bonds is 6. The summed E-state index contributed by atoms with van der Waals surface area (Å²) >= 11 is 5.69. The molecule has 1 unspecified atom stereocenters. The van der Waals surface area contributed by atoms with Crippen LogP contribution in [0.25, 0.3) is 0 Å². The second-order valence-electron chi connectivity index (χ2n) is 5.66. The van der Waals surface area contributed by atoms with E-state index in [2.05, 4.69) is 5.32 Å². The molecule has 3 nitrogen and oxygen atoms in total. The summed E-state index contributed by atoms with van der Waals surface area (Å²) in [5.41, 5.74) is 1.10. The molecule has 1 fully saturated rings. The Labute approximate surface area is 139 Å². The largest absolute Gasteiger partial charge is 0.484 e. The smallest absolute Gasteiger partial charge is 0.258 e. The van der Waals surface area contributed by atoms with E-state index in [9.17, 15) is 9.18 Å². The second-order valence-corrected chi connectivity index (χ2v) is 6.07. The SMILES string of the molecule is O=C(COc1ccc(F)c(Cl)c1)NC(c1ccccc1)C1CC1. The predicted molar refractivity (Wildman–Crippen MR) is 87.0 cm³/mol. The van der Waals surface area contributed by atoms with Crippen LogP contribution in [0.15, 0.2) is 48.5 Å². The summed E-state index contributed by atoms with van der Waals surface area (Å²) in [6.45, 7) is -0.127. The Morgan fingerprint density at radius 3 is 2.65 bits per heavy atom. The Kier molecular flexibility index (Phi) is 4.82. The van der Waals surface area contributed by atoms with Crippen LogP contribution in [0.1, 0.15) is 24.4 Å². The van der Waals surface area contributed by atoms with Gasteiger partial charge >= 0.3 is 0 Å². The Morgan fingerprint density at radius 2 is 2.00 bits per heavy atom. The third kappa shape index (κ3) is 4.23. The maximum atomic E-state index is 13.1. The molecule has 1 atom stereocenters. The third-order valence-corrected chi connectivity index (χ3v) is 4.12. The summed E-state index contributed by atoms with van der Waals surface area (Å²) in [4.78, 5) is 12.1. The maximum Gasteiger partial charge on any atom is 0.258 e. The van der Waals surface area contributed by atoms with Crippen molar-refractivity contribution in [2.45, 2.75) is 18.9 Å². The normalized spacial score (nSPS) is 15.0. The van der Waals surface area contributed by atoms with Crippen LogP contribution >= 0.6 is 11.6 Å². The molecule has 0 radical (unpaired) electrons. The van der Waals surface area contributed by atoms with Crippen molar-refractivity contribution in [2.24, 2.45) is 5.92 Å². The molecule has 0 bridgehead atoms. The minimum atomic E-state index is -0.513. The van der Waals surface area contributed by atoms with E-state index in [4.69, 9.17) is 16.3 Å². The number of halogens is 2. The highest BCUT2D eigenvalue weighted by atomic mass is 35.5. The van der Waals surface area contributed by atoms with Gasteiger partial charge in [0.25, 0.3) is 5.91 Å². The molecule has 5 heteroatoms. The molecular weight excluding hydrogens is 317 g/mol. The van der Waals surface area contributed by atoms with Gasteiger partial charge in [0.1, 0.15) is 11.6 Å². The fourth-order valence-corrected chi connectivity index (χ4v) is 2.66. The quantitative estimate of drug-likeness (QED) is 0.863. The van der Waals surface area contributed by atoms with E-state index >= 15 is 0 Å². The van der Waals surface area contributed by atoms with Crippen molar-refractivity contribution in [3.05, 3.63) is 64.9 Å². The van der Waals surface area contributed by atoms with Gasteiger partial charge < -0.3 is 10.1 Å². The average molecular weight is 334 g/mol. The van der Waals surface area contributed by atoms with Crippen LogP contribution < -0.4 is 10.1 Å². The van der Waals surface area contributed by atoms with Crippen LogP contribution in [0.3, 0.4) is 0 Å². The zero-order valence-corrected chi connectivity index (χ0v) is 13.2. The van der Waals surface area contributed by atoms with Crippen molar-refractivity contribution in [1.82, 2.24) is 5.32 Å². The molecule has 0 spiro atoms. The van der Waals surface area contributed by atoms with Gasteiger partial charge in [0, 0.05) is 6.07 Å². The van der Waals surface area contributed by atoms with Gasteiger partial charge in [0.15, 0.2) is 6.61 Å². The minimum absolute atomic E-state index is 0.0177. The first-order chi connectivity index (χ1) is 11.1. The highest BCUT2D eigenvalue weighted by molar-refractivity contribution is 6.30. The van der Waals surface area contributed by atoms with Crippen molar-refractivity contribution in [3.8, 4) is 5.75 Å². The first kappa shape index (κ1) is 15.8. The van der Waals surface area contributed by atoms with Gasteiger partial charge in [0.2, 0.25) is 0 Å². The fourth-order valence-electron chi connectivity index (χ4n) is 2.49. The molecule has 1 amide bonds. The lowest BCUT2D eigenvalue weighted by atomic mass is 10.0. The number of hydrogen-bond acceptors (Lipinski definition) is 2. The van der Waals surface area contributed by atoms with Crippen LogP contribution in [0.4, 0.5) is 4.39 Å². The summed E-state index contributed by atoms with van der Waals surface area (Å²) in [7, 11) is 0. The monoisotopic (exact) mass is 333 g/mol. The number of ether oxygens (including phenoxy) is 1. The second kappa shape index (κ2) is 7.01. The molecule has 3 rings (SSSR count). The molecule has 1 aliphatic rings. The van der Waals surface area contributed by atoms with Gasteiger partial charge in [0.05, 0.1) is 11.1 Å². The zero-order chi connectivity index (χ0) is 16.2. The number of benzene rings is 2. The van der Waals surface area contributed by atoms with Crippen LogP contribution in [-0.2, 0) is 4.79 Å². The summed E-state index contributed by atoms with van der Waals surface area (Å²) in [5, 5.41) is 3.00. The van der Waals surface area contributed by atoms with Gasteiger partial charge in [-0.25, -0.2) is 4.39 Å². The highest BCUT2D eigenvalue weighted by Gasteiger charge is 2.33. The average Bonchev–Trinajstić information content (AvgIpc) is 3.39. The van der Waals surface area contributed by atoms with Crippen LogP contribution in [0.2, 0.25) is 5.02 Å². The first-order valence-electron chi connectivity index (χ1n) is 7.55. The molecule has 0 saturated heterocycles. The molecule has 23 heavy (non-hydrogen) atoms. The summed E-state index contributed by atoms with van der Waals surface area (Å²) in [5.74, 6) is 0.142. The van der Waals surface area contributed by atoms with E-state index in [1.807, 2.05) is 30.3 Å². The molecule has 1 saturated carbocycles. The molecular formula is C18H17ClFNO2. The number of amides is 1. The molecule has 1 aliphatic carbocycles. The molecule has 120 valence electrons. The number of hydrogen-bond donors (Lipinski definition) is 1. The Balaban J connectivity index is 1.58. The Morgan fingerprint density at radius 1 is 1.26 bits per heavy atom. The minimum Gasteiger partial charge on any atom is -0.484 e. The number of nitrogens with one attached hydrogen (secondary N) is 1. The van der Waals surface area contributed by atoms with Crippen LogP contribution in [0.5, 0.6) is 5.75 Å². The van der Waals surface area contributed by atoms with Crippen molar-refractivity contribution in [3.63, 3.8) is 0 Å². The van der Waals surface area contributed by atoms with Crippen molar-refractivity contribution in [1.29, 1.82) is 0 Å². The van der Waals surface area contributed by atoms with E-state index in [0.717, 1.165) is 18.4 Å². The van der Waals surface area contributed by atoms with E-state index in [-0.39, 0.29) is 23.6 Å². The lowest BCUT2D eigenvalue weighted by Gasteiger charge is -2.19. The molecule has 0 aromatic heterocycles. The lowest BCUT2D eigenvalue weighted by Crippen LogP contribution is -2.33. The standard InChI is InChI=1S/C18H17ClFNO2/c19-15-10-14(8-9-16(15)20)23-11-17(22)21-18(13-6-7-13)12-4-2-1-3-5-12/h1-5,8-10,13,18H,6-7,11H2,(H,21,22). The maximum absolute atomic E-state index is 13.1. The molecule has 0 heterocycles. The van der Waals surface area contributed by atoms with Crippen molar-refractivity contribution >= 4 is 17.5 Å². The fraction of sp³-hybridized carbons (Fsp3) is 0.278. The van der Waals surface area contributed by atoms with E-state index < -0.39 is 5.82 Å². The summed E-state index contributed by atoms with van der Waals surface area (Å²) in [6, 6.07) is 14.0. The summed E-state index contributed by atoms with van der Waals surface area (Å²) in [6.07, 6.45) is 2.24. The molecule has 0 aliphatic heterocycles. The van der Waals surface area contributed by atoms with Gasteiger partial charge in [-0.2, -0.15) is 0 Å². The van der Waals surface area contributed by atoms with Gasteiger partial charge in [-0.15, -0.1) is 0 Å². The van der Waals surface area contributed by atoms with E-state index in [1.165, 1.54) is 18.2 Å². The van der Waals surface area contributed by atoms with Crippen LogP contribution in [0, 0.1) is 11.7 Å². The van der Waals surface area contributed by atoms with E-state index in [1.54, 1.807) is 0 Å². The Bertz CT molecular complexity index is 689. The third-order valence-electron chi connectivity index (χ3n) is 3.83. The summed E-state index contributed by atoms with van der Waals surface area (Å²) < 4.78 is 18.5. The number of carbonyl (C=O) groups excluding carboxylic acids is 1. The topological polar surface area (TPSA) is 38.3 Å². The van der Waals surface area contributed by atoms with Gasteiger partial charge in [-0.3, -0.25) is 4.79 Å².